The number of nitrogens with one attached hydrogen (secondary N) is 2. The Hall–Kier alpha value is -2.43. The zero-order chi connectivity index (χ0) is 20.0. The fourth-order valence-electron chi connectivity index (χ4n) is 2.17. The second kappa shape index (κ2) is 6.63. The topological polar surface area (TPSA) is 106 Å². The molecule has 0 spiro atoms. The van der Waals surface area contributed by atoms with Gasteiger partial charge in [0.2, 0.25) is 11.9 Å². The molecule has 27 heavy (non-hydrogen) atoms. The predicted octanol–water partition coefficient (Wildman–Crippen LogP) is 3.34. The van der Waals surface area contributed by atoms with Crippen LogP contribution in [-0.2, 0) is 16.4 Å². The Bertz CT molecular complexity index is 876. The first kappa shape index (κ1) is 19.3. The molecule has 0 atom stereocenters. The molecule has 1 saturated carbocycles. The summed E-state index contributed by atoms with van der Waals surface area (Å²) in [6.45, 7) is 5.03. The van der Waals surface area contributed by atoms with Crippen molar-refractivity contribution in [2.75, 3.05) is 10.6 Å². The Morgan fingerprint density at radius 3 is 2.52 bits per heavy atom. The molecule has 2 aromatic rings. The summed E-state index contributed by atoms with van der Waals surface area (Å²) in [5.74, 6) is -0.756. The molecule has 0 aromatic carbocycles. The van der Waals surface area contributed by atoms with E-state index in [0.717, 1.165) is 19.0 Å². The highest BCUT2D eigenvalue weighted by Gasteiger charge is 2.37. The molecule has 0 unspecified atom stereocenters. The van der Waals surface area contributed by atoms with Gasteiger partial charge in [0.1, 0.15) is 21.4 Å². The lowest BCUT2D eigenvalue weighted by Crippen LogP contribution is -2.35. The molecule has 4 N–H and O–H groups in total. The van der Waals surface area contributed by atoms with Crippen molar-refractivity contribution in [3.8, 4) is 0 Å². The Labute approximate surface area is 157 Å². The minimum Gasteiger partial charge on any atom is -0.369 e. The van der Waals surface area contributed by atoms with Crippen LogP contribution in [0.25, 0.3) is 0 Å². The molecule has 11 heteroatoms. The van der Waals surface area contributed by atoms with Crippen molar-refractivity contribution < 1.29 is 18.0 Å². The third kappa shape index (κ3) is 4.12. The average molecular weight is 400 g/mol. The summed E-state index contributed by atoms with van der Waals surface area (Å²) in [6.07, 6.45) is -2.17. The first-order valence-corrected chi connectivity index (χ1v) is 9.05. The average Bonchev–Trinajstić information content (AvgIpc) is 3.28. The number of nitrogens with zero attached hydrogens (tertiary/aromatic N) is 3. The summed E-state index contributed by atoms with van der Waals surface area (Å²) < 4.78 is 39.5. The number of hydrogen-bond donors (Lipinski definition) is 3. The molecular formula is C16H19F3N6OS. The van der Waals surface area contributed by atoms with Crippen LogP contribution in [0.2, 0.25) is 0 Å². The van der Waals surface area contributed by atoms with Gasteiger partial charge in [0.05, 0.1) is 11.1 Å². The van der Waals surface area contributed by atoms with Gasteiger partial charge in [-0.15, -0.1) is 0 Å². The highest BCUT2D eigenvalue weighted by atomic mass is 32.1. The SMILES string of the molecule is Cc1nc(C(C)(C)C(N)=O)sc1Nc1ncc(C(F)(F)F)c(NC2CC2)n1. The van der Waals surface area contributed by atoms with Gasteiger partial charge in [-0.3, -0.25) is 4.79 Å². The van der Waals surface area contributed by atoms with Gasteiger partial charge >= 0.3 is 6.18 Å². The molecular weight excluding hydrogens is 381 g/mol. The van der Waals surface area contributed by atoms with Crippen molar-refractivity contribution in [1.82, 2.24) is 15.0 Å². The molecule has 1 aliphatic carbocycles. The zero-order valence-electron chi connectivity index (χ0n) is 14.9. The van der Waals surface area contributed by atoms with E-state index in [-0.39, 0.29) is 17.8 Å². The third-order valence-electron chi connectivity index (χ3n) is 4.18. The molecule has 2 heterocycles. The molecule has 2 aromatic heterocycles. The minimum absolute atomic E-state index is 0.00181. The van der Waals surface area contributed by atoms with Crippen LogP contribution in [-0.4, -0.2) is 26.9 Å². The third-order valence-corrected chi connectivity index (χ3v) is 5.58. The van der Waals surface area contributed by atoms with Crippen molar-refractivity contribution >= 4 is 34.0 Å². The standard InChI is InChI=1S/C16H19F3N6OS/c1-7-11(27-13(22-7)15(2,3)12(20)26)25-14-21-6-9(16(17,18)19)10(24-14)23-8-4-5-8/h6,8H,4-5H2,1-3H3,(H2,20,26)(H2,21,23,24,25). The van der Waals surface area contributed by atoms with Gasteiger partial charge in [0, 0.05) is 12.2 Å². The fourth-order valence-corrected chi connectivity index (χ4v) is 3.23. The van der Waals surface area contributed by atoms with E-state index in [2.05, 4.69) is 25.6 Å². The van der Waals surface area contributed by atoms with E-state index in [1.165, 1.54) is 11.3 Å². The maximum Gasteiger partial charge on any atom is 0.421 e. The summed E-state index contributed by atoms with van der Waals surface area (Å²) >= 11 is 1.19. The predicted molar refractivity (Wildman–Crippen MR) is 96.0 cm³/mol. The van der Waals surface area contributed by atoms with Gasteiger partial charge in [0.25, 0.3) is 0 Å². The van der Waals surface area contributed by atoms with Gasteiger partial charge in [-0.05, 0) is 33.6 Å². The molecule has 0 aliphatic heterocycles. The number of halogens is 3. The van der Waals surface area contributed by atoms with Crippen LogP contribution in [0.4, 0.5) is 29.9 Å². The van der Waals surface area contributed by atoms with Gasteiger partial charge in [-0.2, -0.15) is 18.2 Å². The van der Waals surface area contributed by atoms with E-state index in [1.54, 1.807) is 20.8 Å². The highest BCUT2D eigenvalue weighted by Crippen LogP contribution is 2.37. The van der Waals surface area contributed by atoms with Crippen molar-refractivity contribution in [3.05, 3.63) is 22.5 Å². The maximum absolute atomic E-state index is 13.2. The van der Waals surface area contributed by atoms with Crippen LogP contribution in [0.15, 0.2) is 6.20 Å². The van der Waals surface area contributed by atoms with E-state index in [0.29, 0.717) is 15.7 Å². The number of thiazole rings is 1. The summed E-state index contributed by atoms with van der Waals surface area (Å²) in [6, 6.07) is 0.00181. The summed E-state index contributed by atoms with van der Waals surface area (Å²) in [5, 5.41) is 6.72. The van der Waals surface area contributed by atoms with Gasteiger partial charge in [-0.25, -0.2) is 9.97 Å². The van der Waals surface area contributed by atoms with Gasteiger partial charge < -0.3 is 16.4 Å². The number of anilines is 3. The monoisotopic (exact) mass is 400 g/mol. The Balaban J connectivity index is 1.90. The molecule has 0 radical (unpaired) electrons. The Kier molecular flexibility index (Phi) is 4.74. The van der Waals surface area contributed by atoms with Crippen molar-refractivity contribution in [2.24, 2.45) is 5.73 Å². The Morgan fingerprint density at radius 1 is 1.30 bits per heavy atom. The lowest BCUT2D eigenvalue weighted by Gasteiger charge is -2.16. The number of nitrogens with two attached hydrogens (primary N) is 1. The molecule has 1 amide bonds. The molecule has 0 saturated heterocycles. The van der Waals surface area contributed by atoms with Crippen LogP contribution in [0, 0.1) is 6.92 Å². The van der Waals surface area contributed by atoms with E-state index >= 15 is 0 Å². The second-order valence-electron chi connectivity index (χ2n) is 6.92. The van der Waals surface area contributed by atoms with Crippen LogP contribution in [0.3, 0.4) is 0 Å². The first-order chi connectivity index (χ1) is 12.5. The summed E-state index contributed by atoms with van der Waals surface area (Å²) in [7, 11) is 0. The molecule has 1 aliphatic rings. The van der Waals surface area contributed by atoms with Crippen LogP contribution < -0.4 is 16.4 Å². The summed E-state index contributed by atoms with van der Waals surface area (Å²) in [4.78, 5) is 23.7. The lowest BCUT2D eigenvalue weighted by atomic mass is 9.94. The number of carbonyl (C=O) groups excluding carboxylic acids is 1. The normalized spacial score (nSPS) is 14.9. The Morgan fingerprint density at radius 2 is 1.96 bits per heavy atom. The number of primary amides is 1. The second-order valence-corrected chi connectivity index (χ2v) is 7.92. The van der Waals surface area contributed by atoms with E-state index in [4.69, 9.17) is 5.73 Å². The molecule has 146 valence electrons. The number of carbonyl (C=O) groups is 1. The quantitative estimate of drug-likeness (QED) is 0.687. The largest absolute Gasteiger partial charge is 0.421 e. The maximum atomic E-state index is 13.2. The summed E-state index contributed by atoms with van der Waals surface area (Å²) in [5.41, 5.74) is 4.12. The number of amides is 1. The van der Waals surface area contributed by atoms with Crippen molar-refractivity contribution in [1.29, 1.82) is 0 Å². The van der Waals surface area contributed by atoms with Crippen LogP contribution in [0.5, 0.6) is 0 Å². The van der Waals surface area contributed by atoms with Crippen LogP contribution in [0.1, 0.15) is 43.0 Å². The van der Waals surface area contributed by atoms with Crippen molar-refractivity contribution in [3.63, 3.8) is 0 Å². The highest BCUT2D eigenvalue weighted by molar-refractivity contribution is 7.16. The zero-order valence-corrected chi connectivity index (χ0v) is 15.8. The van der Waals surface area contributed by atoms with Gasteiger partial charge in [0.15, 0.2) is 0 Å². The van der Waals surface area contributed by atoms with E-state index in [1.807, 2.05) is 0 Å². The van der Waals surface area contributed by atoms with Crippen molar-refractivity contribution in [2.45, 2.75) is 51.2 Å². The number of hydrogen-bond acceptors (Lipinski definition) is 7. The number of aromatic nitrogens is 3. The van der Waals surface area contributed by atoms with Crippen LogP contribution >= 0.6 is 11.3 Å². The number of rotatable bonds is 6. The molecule has 0 bridgehead atoms. The molecule has 3 rings (SSSR count). The smallest absolute Gasteiger partial charge is 0.369 e. The molecule has 7 nitrogen and oxygen atoms in total. The fraction of sp³-hybridized carbons (Fsp3) is 0.500. The lowest BCUT2D eigenvalue weighted by molar-refractivity contribution is -0.137. The van der Waals surface area contributed by atoms with E-state index in [9.17, 15) is 18.0 Å². The minimum atomic E-state index is -4.55. The number of alkyl halides is 3. The van der Waals surface area contributed by atoms with Gasteiger partial charge in [-0.1, -0.05) is 11.3 Å². The van der Waals surface area contributed by atoms with E-state index < -0.39 is 23.1 Å². The first-order valence-electron chi connectivity index (χ1n) is 8.24. The molecule has 1 fully saturated rings. The number of aryl methyl sites for hydroxylation is 1.